The zero-order chi connectivity index (χ0) is 24.5. The molecule has 3 heterocycles. The molecule has 9 nitrogen and oxygen atoms in total. The molecule has 1 aliphatic rings. The Morgan fingerprint density at radius 3 is 2.77 bits per heavy atom. The Balaban J connectivity index is 1.32. The van der Waals surface area contributed by atoms with Gasteiger partial charge in [-0.05, 0) is 37.8 Å². The number of carbonyl (C=O) groups excluding carboxylic acids is 1. The summed E-state index contributed by atoms with van der Waals surface area (Å²) in [5.74, 6) is -0.982. The maximum Gasteiger partial charge on any atom is 0.270 e. The van der Waals surface area contributed by atoms with E-state index < -0.39 is 11.6 Å². The van der Waals surface area contributed by atoms with Crippen molar-refractivity contribution in [1.82, 2.24) is 30.2 Å². The molecule has 0 radical (unpaired) electrons. The smallest absolute Gasteiger partial charge is 0.270 e. The Labute approximate surface area is 203 Å². The Kier molecular flexibility index (Phi) is 6.16. The average Bonchev–Trinajstić information content (AvgIpc) is 3.25. The number of halogens is 3. The number of carbonyl (C=O) groups is 1. The van der Waals surface area contributed by atoms with Gasteiger partial charge in [-0.25, -0.2) is 28.7 Å². The summed E-state index contributed by atoms with van der Waals surface area (Å²) in [5.41, 5.74) is 6.59. The molecule has 1 aliphatic carbocycles. The van der Waals surface area contributed by atoms with Crippen molar-refractivity contribution in [3.63, 3.8) is 0 Å². The largest absolute Gasteiger partial charge is 0.384 e. The summed E-state index contributed by atoms with van der Waals surface area (Å²) in [4.78, 5) is 31.6. The topological polar surface area (TPSA) is 134 Å². The van der Waals surface area contributed by atoms with Crippen molar-refractivity contribution in [2.45, 2.75) is 37.8 Å². The van der Waals surface area contributed by atoms with E-state index >= 15 is 0 Å². The van der Waals surface area contributed by atoms with E-state index in [1.165, 1.54) is 18.5 Å². The number of aromatic amines is 1. The molecular formula is C23H21ClF2N8O. The number of fused-ring (bicyclic) bond motifs is 1. The van der Waals surface area contributed by atoms with Gasteiger partial charge in [-0.3, -0.25) is 4.79 Å². The number of nitrogens with two attached hydrogens (primary N) is 1. The molecule has 0 unspecified atom stereocenters. The van der Waals surface area contributed by atoms with Crippen molar-refractivity contribution in [3.05, 3.63) is 59.3 Å². The minimum atomic E-state index is -0.611. The highest BCUT2D eigenvalue weighted by molar-refractivity contribution is 6.31. The molecule has 3 aromatic heterocycles. The lowest BCUT2D eigenvalue weighted by molar-refractivity contribution is 0.0921. The van der Waals surface area contributed by atoms with E-state index in [1.807, 2.05) is 0 Å². The standard InChI is InChI=1S/C23H21ClF2N8O/c24-11-4-14-15(8-28-20(14)16(25)5-11)21-29-9-17(26)22(34-21)32-12-2-1-3-13(6-12)33-23(35)18-7-19(27)31-10-30-18/h4-5,7-10,12-13,28H,1-3,6H2,(H,33,35)(H2,27,30,31)(H,29,32,34)/t12-,13+/m0/s1. The van der Waals surface area contributed by atoms with Crippen molar-refractivity contribution in [1.29, 1.82) is 0 Å². The summed E-state index contributed by atoms with van der Waals surface area (Å²) in [6, 6.07) is 3.96. The van der Waals surface area contributed by atoms with Gasteiger partial charge in [-0.1, -0.05) is 11.6 Å². The number of hydrogen-bond donors (Lipinski definition) is 4. The van der Waals surface area contributed by atoms with Crippen molar-refractivity contribution in [2.75, 3.05) is 11.1 Å². The SMILES string of the molecule is Nc1cc(C(=O)N[C@@H]2CCC[C@H](Nc3nc(-c4c[nH]c5c(F)cc(Cl)cc45)ncc3F)C2)ncn1. The van der Waals surface area contributed by atoms with Crippen LogP contribution in [0.3, 0.4) is 0 Å². The first-order chi connectivity index (χ1) is 16.9. The van der Waals surface area contributed by atoms with Crippen LogP contribution in [0.15, 0.2) is 36.9 Å². The van der Waals surface area contributed by atoms with Crippen LogP contribution in [0.25, 0.3) is 22.3 Å². The number of benzene rings is 1. The molecule has 1 amide bonds. The molecule has 180 valence electrons. The van der Waals surface area contributed by atoms with Gasteiger partial charge in [0.05, 0.1) is 11.7 Å². The lowest BCUT2D eigenvalue weighted by Gasteiger charge is -2.30. The van der Waals surface area contributed by atoms with Gasteiger partial charge < -0.3 is 21.4 Å². The zero-order valence-corrected chi connectivity index (χ0v) is 19.1. The van der Waals surface area contributed by atoms with Crippen molar-refractivity contribution in [2.24, 2.45) is 0 Å². The second-order valence-corrected chi connectivity index (χ2v) is 8.85. The summed E-state index contributed by atoms with van der Waals surface area (Å²) in [7, 11) is 0. The van der Waals surface area contributed by atoms with Crippen molar-refractivity contribution in [3.8, 4) is 11.4 Å². The summed E-state index contributed by atoms with van der Waals surface area (Å²) in [6.07, 6.45) is 6.83. The summed E-state index contributed by atoms with van der Waals surface area (Å²) < 4.78 is 28.8. The van der Waals surface area contributed by atoms with E-state index in [0.717, 1.165) is 25.5 Å². The first kappa shape index (κ1) is 22.9. The van der Waals surface area contributed by atoms with E-state index in [1.54, 1.807) is 12.3 Å². The fourth-order valence-corrected chi connectivity index (χ4v) is 4.54. The maximum atomic E-state index is 14.6. The molecule has 35 heavy (non-hydrogen) atoms. The normalized spacial score (nSPS) is 17.9. The number of amides is 1. The van der Waals surface area contributed by atoms with Gasteiger partial charge in [-0.15, -0.1) is 0 Å². The Morgan fingerprint density at radius 1 is 1.11 bits per heavy atom. The van der Waals surface area contributed by atoms with E-state index in [9.17, 15) is 13.6 Å². The lowest BCUT2D eigenvalue weighted by Crippen LogP contribution is -2.42. The summed E-state index contributed by atoms with van der Waals surface area (Å²) in [5, 5.41) is 6.83. The third kappa shape index (κ3) is 4.85. The van der Waals surface area contributed by atoms with Crippen LogP contribution in [-0.2, 0) is 0 Å². The fraction of sp³-hybridized carbons (Fsp3) is 0.261. The third-order valence-corrected chi connectivity index (χ3v) is 6.18. The Morgan fingerprint density at radius 2 is 1.94 bits per heavy atom. The van der Waals surface area contributed by atoms with Crippen LogP contribution in [-0.4, -0.2) is 42.9 Å². The van der Waals surface area contributed by atoms with Gasteiger partial charge in [0.2, 0.25) is 0 Å². The second-order valence-electron chi connectivity index (χ2n) is 8.41. The number of nitrogens with zero attached hydrogens (tertiary/aromatic N) is 4. The fourth-order valence-electron chi connectivity index (χ4n) is 4.34. The van der Waals surface area contributed by atoms with Gasteiger partial charge in [0.15, 0.2) is 17.5 Å². The number of nitrogen functional groups attached to an aromatic ring is 1. The van der Waals surface area contributed by atoms with Crippen LogP contribution >= 0.6 is 11.6 Å². The van der Waals surface area contributed by atoms with E-state index in [2.05, 4.69) is 35.6 Å². The van der Waals surface area contributed by atoms with E-state index in [0.29, 0.717) is 17.4 Å². The molecule has 2 atom stereocenters. The van der Waals surface area contributed by atoms with Crippen LogP contribution in [0.4, 0.5) is 20.4 Å². The molecule has 12 heteroatoms. The lowest BCUT2D eigenvalue weighted by atomic mass is 9.91. The predicted molar refractivity (Wildman–Crippen MR) is 128 cm³/mol. The highest BCUT2D eigenvalue weighted by atomic mass is 35.5. The molecule has 1 aromatic carbocycles. The van der Waals surface area contributed by atoms with Gasteiger partial charge in [0.1, 0.15) is 23.7 Å². The monoisotopic (exact) mass is 498 g/mol. The van der Waals surface area contributed by atoms with Gasteiger partial charge in [0.25, 0.3) is 5.91 Å². The molecule has 0 aliphatic heterocycles. The van der Waals surface area contributed by atoms with Crippen LogP contribution in [0.1, 0.15) is 36.2 Å². The summed E-state index contributed by atoms with van der Waals surface area (Å²) >= 11 is 6.01. The second kappa shape index (κ2) is 9.41. The van der Waals surface area contributed by atoms with Crippen LogP contribution in [0.2, 0.25) is 5.02 Å². The molecule has 5 rings (SSSR count). The highest BCUT2D eigenvalue weighted by Gasteiger charge is 2.25. The molecule has 1 saturated carbocycles. The van der Waals surface area contributed by atoms with Crippen molar-refractivity contribution < 1.29 is 13.6 Å². The third-order valence-electron chi connectivity index (χ3n) is 5.96. The van der Waals surface area contributed by atoms with Crippen LogP contribution in [0.5, 0.6) is 0 Å². The number of rotatable bonds is 5. The highest BCUT2D eigenvalue weighted by Crippen LogP contribution is 2.32. The van der Waals surface area contributed by atoms with Gasteiger partial charge in [-0.2, -0.15) is 0 Å². The number of nitrogens with one attached hydrogen (secondary N) is 3. The number of hydrogen-bond acceptors (Lipinski definition) is 7. The first-order valence-corrected chi connectivity index (χ1v) is 11.4. The predicted octanol–water partition coefficient (Wildman–Crippen LogP) is 4.08. The minimum absolute atomic E-state index is 0.0346. The van der Waals surface area contributed by atoms with Crippen LogP contribution in [0, 0.1) is 11.6 Å². The number of H-pyrrole nitrogens is 1. The molecule has 4 aromatic rings. The molecular weight excluding hydrogens is 478 g/mol. The minimum Gasteiger partial charge on any atom is -0.384 e. The number of anilines is 2. The molecule has 5 N–H and O–H groups in total. The molecule has 0 spiro atoms. The summed E-state index contributed by atoms with van der Waals surface area (Å²) in [6.45, 7) is 0. The number of aromatic nitrogens is 5. The molecule has 0 bridgehead atoms. The Bertz CT molecular complexity index is 1410. The van der Waals surface area contributed by atoms with E-state index in [-0.39, 0.29) is 51.7 Å². The Hall–Kier alpha value is -3.86. The van der Waals surface area contributed by atoms with Gasteiger partial charge >= 0.3 is 0 Å². The van der Waals surface area contributed by atoms with Gasteiger partial charge in [0, 0.05) is 40.3 Å². The van der Waals surface area contributed by atoms with Crippen molar-refractivity contribution >= 4 is 40.0 Å². The molecule has 0 saturated heterocycles. The average molecular weight is 499 g/mol. The molecule has 1 fully saturated rings. The van der Waals surface area contributed by atoms with Crippen LogP contribution < -0.4 is 16.4 Å². The quantitative estimate of drug-likeness (QED) is 0.325. The maximum absolute atomic E-state index is 14.6. The zero-order valence-electron chi connectivity index (χ0n) is 18.4. The van der Waals surface area contributed by atoms with E-state index in [4.69, 9.17) is 17.3 Å². The first-order valence-electron chi connectivity index (χ1n) is 11.0.